The van der Waals surface area contributed by atoms with Crippen LogP contribution in [-0.4, -0.2) is 29.7 Å². The topological polar surface area (TPSA) is 38.8 Å². The molecule has 0 fully saturated rings. The maximum atomic E-state index is 12.6. The van der Waals surface area contributed by atoms with E-state index >= 15 is 0 Å². The standard InChI is InChI=1S/C19H27NO3/c1-19(2,3)23-18(21)20(16-8-6-5-7-9-16)14-15-10-12-17(22-4)13-11-15/h6,8,10-13,16H,5,7,9,14H2,1-4H3. The molecule has 1 aliphatic rings. The summed E-state index contributed by atoms with van der Waals surface area (Å²) in [4.78, 5) is 14.5. The monoisotopic (exact) mass is 317 g/mol. The molecule has 2 rings (SSSR count). The van der Waals surface area contributed by atoms with Gasteiger partial charge in [0, 0.05) is 6.54 Å². The highest BCUT2D eigenvalue weighted by Crippen LogP contribution is 2.22. The van der Waals surface area contributed by atoms with Crippen LogP contribution in [0.15, 0.2) is 36.4 Å². The Morgan fingerprint density at radius 2 is 1.96 bits per heavy atom. The molecule has 23 heavy (non-hydrogen) atoms. The normalized spacial score (nSPS) is 17.7. The predicted molar refractivity (Wildman–Crippen MR) is 91.6 cm³/mol. The Hall–Kier alpha value is -1.97. The van der Waals surface area contributed by atoms with E-state index in [2.05, 4.69) is 12.2 Å². The van der Waals surface area contributed by atoms with E-state index < -0.39 is 5.60 Å². The van der Waals surface area contributed by atoms with Gasteiger partial charge in [0.1, 0.15) is 11.4 Å². The van der Waals surface area contributed by atoms with E-state index in [9.17, 15) is 4.79 Å². The summed E-state index contributed by atoms with van der Waals surface area (Å²) >= 11 is 0. The van der Waals surface area contributed by atoms with Crippen LogP contribution in [0.5, 0.6) is 5.75 Å². The summed E-state index contributed by atoms with van der Waals surface area (Å²) in [6.07, 6.45) is 7.18. The van der Waals surface area contributed by atoms with Crippen molar-refractivity contribution in [1.82, 2.24) is 4.90 Å². The molecule has 0 N–H and O–H groups in total. The highest BCUT2D eigenvalue weighted by molar-refractivity contribution is 5.69. The van der Waals surface area contributed by atoms with E-state index in [0.29, 0.717) is 6.54 Å². The number of nitrogens with zero attached hydrogens (tertiary/aromatic N) is 1. The van der Waals surface area contributed by atoms with E-state index in [4.69, 9.17) is 9.47 Å². The summed E-state index contributed by atoms with van der Waals surface area (Å²) in [5, 5.41) is 0. The molecule has 1 aliphatic carbocycles. The summed E-state index contributed by atoms with van der Waals surface area (Å²) in [5.41, 5.74) is 0.573. The minimum absolute atomic E-state index is 0.0979. The van der Waals surface area contributed by atoms with Crippen molar-refractivity contribution >= 4 is 6.09 Å². The van der Waals surface area contributed by atoms with Crippen molar-refractivity contribution in [2.24, 2.45) is 0 Å². The van der Waals surface area contributed by atoms with Gasteiger partial charge in [0.15, 0.2) is 0 Å². The van der Waals surface area contributed by atoms with Crippen molar-refractivity contribution in [1.29, 1.82) is 0 Å². The number of ether oxygens (including phenoxy) is 2. The second-order valence-corrected chi connectivity index (χ2v) is 6.88. The largest absolute Gasteiger partial charge is 0.497 e. The number of amides is 1. The average molecular weight is 317 g/mol. The molecule has 1 aromatic rings. The average Bonchev–Trinajstić information content (AvgIpc) is 2.52. The van der Waals surface area contributed by atoms with Crippen molar-refractivity contribution in [3.8, 4) is 5.75 Å². The third-order valence-corrected chi connectivity index (χ3v) is 3.77. The minimum atomic E-state index is -0.492. The lowest BCUT2D eigenvalue weighted by atomic mass is 10.0. The van der Waals surface area contributed by atoms with Crippen LogP contribution in [0.3, 0.4) is 0 Å². The zero-order valence-electron chi connectivity index (χ0n) is 14.5. The van der Waals surface area contributed by atoms with E-state index in [1.807, 2.05) is 49.9 Å². The van der Waals surface area contributed by atoms with Gasteiger partial charge in [-0.05, 0) is 57.7 Å². The van der Waals surface area contributed by atoms with Crippen LogP contribution in [0.25, 0.3) is 0 Å². The van der Waals surface area contributed by atoms with Gasteiger partial charge in [0.25, 0.3) is 0 Å². The Morgan fingerprint density at radius 3 is 2.48 bits per heavy atom. The number of carbonyl (C=O) groups excluding carboxylic acids is 1. The van der Waals surface area contributed by atoms with Crippen LogP contribution in [0.2, 0.25) is 0 Å². The fraction of sp³-hybridized carbons (Fsp3) is 0.526. The smallest absolute Gasteiger partial charge is 0.411 e. The summed E-state index contributed by atoms with van der Waals surface area (Å²) < 4.78 is 10.8. The van der Waals surface area contributed by atoms with E-state index in [1.54, 1.807) is 7.11 Å². The quantitative estimate of drug-likeness (QED) is 0.765. The van der Waals surface area contributed by atoms with Crippen molar-refractivity contribution in [2.75, 3.05) is 7.11 Å². The molecule has 4 nitrogen and oxygen atoms in total. The van der Waals surface area contributed by atoms with E-state index in [1.165, 1.54) is 0 Å². The Bertz CT molecular complexity index is 543. The molecule has 4 heteroatoms. The lowest BCUT2D eigenvalue weighted by molar-refractivity contribution is 0.0169. The van der Waals surface area contributed by atoms with Crippen LogP contribution in [-0.2, 0) is 11.3 Å². The first-order valence-corrected chi connectivity index (χ1v) is 8.18. The van der Waals surface area contributed by atoms with Crippen molar-refractivity contribution < 1.29 is 14.3 Å². The summed E-state index contributed by atoms with van der Waals surface area (Å²) in [6.45, 7) is 6.22. The van der Waals surface area contributed by atoms with Gasteiger partial charge >= 0.3 is 6.09 Å². The highest BCUT2D eigenvalue weighted by Gasteiger charge is 2.27. The molecule has 0 aromatic heterocycles. The number of hydrogen-bond acceptors (Lipinski definition) is 3. The van der Waals surface area contributed by atoms with Gasteiger partial charge in [-0.2, -0.15) is 0 Å². The second kappa shape index (κ2) is 7.53. The fourth-order valence-electron chi connectivity index (χ4n) is 2.62. The molecular weight excluding hydrogens is 290 g/mol. The van der Waals surface area contributed by atoms with Crippen LogP contribution >= 0.6 is 0 Å². The molecule has 0 heterocycles. The molecule has 0 saturated heterocycles. The molecule has 0 bridgehead atoms. The molecule has 1 atom stereocenters. The van der Waals surface area contributed by atoms with Gasteiger partial charge in [-0.25, -0.2) is 4.79 Å². The summed E-state index contributed by atoms with van der Waals surface area (Å²) in [6, 6.07) is 7.91. The third-order valence-electron chi connectivity index (χ3n) is 3.77. The second-order valence-electron chi connectivity index (χ2n) is 6.88. The molecule has 0 saturated carbocycles. The van der Waals surface area contributed by atoms with Crippen molar-refractivity contribution in [2.45, 2.75) is 58.2 Å². The van der Waals surface area contributed by atoms with Gasteiger partial charge in [0.2, 0.25) is 0 Å². The van der Waals surface area contributed by atoms with Crippen LogP contribution in [0.1, 0.15) is 45.6 Å². The number of allylic oxidation sites excluding steroid dienone is 1. The zero-order chi connectivity index (χ0) is 16.9. The van der Waals surface area contributed by atoms with Crippen LogP contribution in [0.4, 0.5) is 4.79 Å². The number of benzene rings is 1. The van der Waals surface area contributed by atoms with Gasteiger partial charge in [-0.1, -0.05) is 24.3 Å². The van der Waals surface area contributed by atoms with Crippen LogP contribution in [0, 0.1) is 0 Å². The number of rotatable bonds is 4. The SMILES string of the molecule is COc1ccc(CN(C(=O)OC(C)(C)C)C2C=CCCC2)cc1. The van der Waals surface area contributed by atoms with E-state index in [0.717, 1.165) is 30.6 Å². The Balaban J connectivity index is 2.16. The summed E-state index contributed by atoms with van der Waals surface area (Å²) in [5.74, 6) is 0.815. The third kappa shape index (κ3) is 5.31. The Morgan fingerprint density at radius 1 is 1.26 bits per heavy atom. The molecule has 0 radical (unpaired) electrons. The molecule has 0 spiro atoms. The lowest BCUT2D eigenvalue weighted by Gasteiger charge is -2.33. The zero-order valence-corrected chi connectivity index (χ0v) is 14.5. The maximum Gasteiger partial charge on any atom is 0.411 e. The highest BCUT2D eigenvalue weighted by atomic mass is 16.6. The summed E-state index contributed by atoms with van der Waals surface area (Å²) in [7, 11) is 1.65. The number of hydrogen-bond donors (Lipinski definition) is 0. The molecule has 0 aliphatic heterocycles. The minimum Gasteiger partial charge on any atom is -0.497 e. The molecular formula is C19H27NO3. The predicted octanol–water partition coefficient (Wildman–Crippen LogP) is 4.54. The fourth-order valence-corrected chi connectivity index (χ4v) is 2.62. The first-order valence-electron chi connectivity index (χ1n) is 8.18. The van der Waals surface area contributed by atoms with Gasteiger partial charge in [0.05, 0.1) is 13.2 Å². The van der Waals surface area contributed by atoms with E-state index in [-0.39, 0.29) is 12.1 Å². The van der Waals surface area contributed by atoms with Crippen molar-refractivity contribution in [3.63, 3.8) is 0 Å². The maximum absolute atomic E-state index is 12.6. The molecule has 1 amide bonds. The van der Waals surface area contributed by atoms with Gasteiger partial charge < -0.3 is 9.47 Å². The first kappa shape index (κ1) is 17.4. The molecule has 1 unspecified atom stereocenters. The van der Waals surface area contributed by atoms with Gasteiger partial charge in [-0.3, -0.25) is 4.90 Å². The first-order chi connectivity index (χ1) is 10.9. The van der Waals surface area contributed by atoms with Crippen molar-refractivity contribution in [3.05, 3.63) is 42.0 Å². The molecule has 126 valence electrons. The molecule has 1 aromatic carbocycles. The number of carbonyl (C=O) groups is 1. The Labute approximate surface area is 139 Å². The van der Waals surface area contributed by atoms with Gasteiger partial charge in [-0.15, -0.1) is 0 Å². The Kier molecular flexibility index (Phi) is 5.69. The van der Waals surface area contributed by atoms with Crippen LogP contribution < -0.4 is 4.74 Å². The number of methoxy groups -OCH3 is 1. The lowest BCUT2D eigenvalue weighted by Crippen LogP contribution is -2.42.